The molecule has 2 aromatic carbocycles. The second-order valence-electron chi connectivity index (χ2n) is 6.46. The summed E-state index contributed by atoms with van der Waals surface area (Å²) in [5, 5.41) is 6.81. The number of benzene rings is 2. The highest BCUT2D eigenvalue weighted by atomic mass is 16.5. The molecular formula is C21H25N3O3. The standard InChI is InChI=1S/C21H25N3O3/c1-14-8-10-18(11-9-14)27-13-21(26)24-23-16(3)12-20(25)22-19-7-5-6-15(2)17(19)4/h5-11H,12-13H2,1-4H3,(H,22,25)(H,24,26)/b23-16-. The van der Waals surface area contributed by atoms with E-state index in [2.05, 4.69) is 15.8 Å². The molecule has 0 saturated heterocycles. The van der Waals surface area contributed by atoms with Gasteiger partial charge in [-0.2, -0.15) is 5.10 Å². The van der Waals surface area contributed by atoms with Crippen LogP contribution in [0.1, 0.15) is 30.0 Å². The van der Waals surface area contributed by atoms with Crippen LogP contribution in [0.15, 0.2) is 47.6 Å². The average Bonchev–Trinajstić information content (AvgIpc) is 2.63. The van der Waals surface area contributed by atoms with E-state index >= 15 is 0 Å². The largest absolute Gasteiger partial charge is 0.484 e. The smallest absolute Gasteiger partial charge is 0.277 e. The lowest BCUT2D eigenvalue weighted by molar-refractivity contribution is -0.123. The van der Waals surface area contributed by atoms with Gasteiger partial charge in [-0.15, -0.1) is 0 Å². The minimum atomic E-state index is -0.384. The Kier molecular flexibility index (Phi) is 7.11. The predicted octanol–water partition coefficient (Wildman–Crippen LogP) is 3.51. The molecule has 0 atom stereocenters. The van der Waals surface area contributed by atoms with Gasteiger partial charge in [-0.3, -0.25) is 9.59 Å². The molecule has 0 spiro atoms. The first kappa shape index (κ1) is 20.2. The van der Waals surface area contributed by atoms with E-state index in [1.807, 2.05) is 51.1 Å². The third-order valence-electron chi connectivity index (χ3n) is 4.06. The van der Waals surface area contributed by atoms with Crippen molar-refractivity contribution in [2.24, 2.45) is 5.10 Å². The van der Waals surface area contributed by atoms with Crippen LogP contribution in [0.5, 0.6) is 5.75 Å². The Morgan fingerprint density at radius 2 is 1.70 bits per heavy atom. The molecule has 0 aromatic heterocycles. The van der Waals surface area contributed by atoms with E-state index in [4.69, 9.17) is 4.74 Å². The van der Waals surface area contributed by atoms with Gasteiger partial charge in [-0.1, -0.05) is 29.8 Å². The summed E-state index contributed by atoms with van der Waals surface area (Å²) in [4.78, 5) is 23.9. The highest BCUT2D eigenvalue weighted by Gasteiger charge is 2.08. The van der Waals surface area contributed by atoms with Crippen LogP contribution in [-0.4, -0.2) is 24.1 Å². The molecule has 0 aliphatic carbocycles. The maximum absolute atomic E-state index is 12.1. The molecule has 0 saturated carbocycles. The number of hydrazone groups is 1. The molecule has 6 heteroatoms. The number of rotatable bonds is 7. The first-order valence-electron chi connectivity index (χ1n) is 8.72. The van der Waals surface area contributed by atoms with E-state index < -0.39 is 0 Å². The van der Waals surface area contributed by atoms with Crippen molar-refractivity contribution in [1.82, 2.24) is 5.43 Å². The second kappa shape index (κ2) is 9.52. The zero-order valence-electron chi connectivity index (χ0n) is 16.1. The first-order chi connectivity index (χ1) is 12.8. The number of aryl methyl sites for hydroxylation is 2. The molecule has 0 fully saturated rings. The summed E-state index contributed by atoms with van der Waals surface area (Å²) in [6, 6.07) is 13.2. The van der Waals surface area contributed by atoms with Crippen LogP contribution < -0.4 is 15.5 Å². The lowest BCUT2D eigenvalue weighted by Gasteiger charge is -2.10. The minimum Gasteiger partial charge on any atom is -0.484 e. The Morgan fingerprint density at radius 1 is 1.00 bits per heavy atom. The fourth-order valence-electron chi connectivity index (χ4n) is 2.33. The summed E-state index contributed by atoms with van der Waals surface area (Å²) in [5.41, 5.74) is 6.94. The van der Waals surface area contributed by atoms with Crippen LogP contribution in [0.25, 0.3) is 0 Å². The Balaban J connectivity index is 1.78. The fourth-order valence-corrected chi connectivity index (χ4v) is 2.33. The summed E-state index contributed by atoms with van der Waals surface area (Å²) in [6.07, 6.45) is 0.0898. The number of anilines is 1. The van der Waals surface area contributed by atoms with Gasteiger partial charge in [-0.05, 0) is 57.0 Å². The van der Waals surface area contributed by atoms with E-state index in [-0.39, 0.29) is 24.8 Å². The molecule has 2 aromatic rings. The molecule has 0 unspecified atom stereocenters. The topological polar surface area (TPSA) is 79.8 Å². The normalized spacial score (nSPS) is 11.0. The van der Waals surface area contributed by atoms with Gasteiger partial charge < -0.3 is 10.1 Å². The minimum absolute atomic E-state index is 0.0898. The maximum atomic E-state index is 12.1. The summed E-state index contributed by atoms with van der Waals surface area (Å²) in [5.74, 6) is 0.0457. The van der Waals surface area contributed by atoms with Crippen molar-refractivity contribution in [3.05, 3.63) is 59.2 Å². The summed E-state index contributed by atoms with van der Waals surface area (Å²) in [6.45, 7) is 7.47. The third kappa shape index (κ3) is 6.58. The number of carbonyl (C=O) groups excluding carboxylic acids is 2. The molecular weight excluding hydrogens is 342 g/mol. The van der Waals surface area contributed by atoms with Gasteiger partial charge in [0.15, 0.2) is 6.61 Å². The van der Waals surface area contributed by atoms with Crippen LogP contribution in [0, 0.1) is 20.8 Å². The molecule has 0 radical (unpaired) electrons. The summed E-state index contributed by atoms with van der Waals surface area (Å²) in [7, 11) is 0. The van der Waals surface area contributed by atoms with Crippen molar-refractivity contribution in [3.8, 4) is 5.75 Å². The van der Waals surface area contributed by atoms with E-state index in [9.17, 15) is 9.59 Å². The molecule has 6 nitrogen and oxygen atoms in total. The molecule has 0 bridgehead atoms. The van der Waals surface area contributed by atoms with Crippen LogP contribution in [0.2, 0.25) is 0 Å². The maximum Gasteiger partial charge on any atom is 0.277 e. The number of nitrogens with one attached hydrogen (secondary N) is 2. The molecule has 0 heterocycles. The highest BCUT2D eigenvalue weighted by Crippen LogP contribution is 2.18. The number of hydrogen-bond donors (Lipinski definition) is 2. The van der Waals surface area contributed by atoms with Crippen LogP contribution in [0.3, 0.4) is 0 Å². The van der Waals surface area contributed by atoms with Crippen molar-refractivity contribution in [3.63, 3.8) is 0 Å². The number of ether oxygens (including phenoxy) is 1. The van der Waals surface area contributed by atoms with E-state index in [0.717, 1.165) is 22.4 Å². The summed E-state index contributed by atoms with van der Waals surface area (Å²) >= 11 is 0. The lowest BCUT2D eigenvalue weighted by atomic mass is 10.1. The van der Waals surface area contributed by atoms with Gasteiger partial charge in [-0.25, -0.2) is 5.43 Å². The van der Waals surface area contributed by atoms with Crippen molar-refractivity contribution >= 4 is 23.2 Å². The van der Waals surface area contributed by atoms with E-state index in [1.165, 1.54) is 0 Å². The molecule has 2 rings (SSSR count). The fraction of sp³-hybridized carbons (Fsp3) is 0.286. The number of carbonyl (C=O) groups is 2. The lowest BCUT2D eigenvalue weighted by Crippen LogP contribution is -2.26. The molecule has 0 aliphatic rings. The number of hydrogen-bond acceptors (Lipinski definition) is 4. The van der Waals surface area contributed by atoms with Crippen molar-refractivity contribution in [1.29, 1.82) is 0 Å². The first-order valence-corrected chi connectivity index (χ1v) is 8.72. The van der Waals surface area contributed by atoms with Crippen LogP contribution in [-0.2, 0) is 9.59 Å². The molecule has 142 valence electrons. The van der Waals surface area contributed by atoms with Crippen molar-refractivity contribution in [2.45, 2.75) is 34.1 Å². The Morgan fingerprint density at radius 3 is 2.41 bits per heavy atom. The average molecular weight is 367 g/mol. The summed E-state index contributed by atoms with van der Waals surface area (Å²) < 4.78 is 5.38. The van der Waals surface area contributed by atoms with Crippen LogP contribution in [0.4, 0.5) is 5.69 Å². The third-order valence-corrected chi connectivity index (χ3v) is 4.06. The quantitative estimate of drug-likeness (QED) is 0.580. The zero-order chi connectivity index (χ0) is 19.8. The molecule has 2 N–H and O–H groups in total. The molecule has 0 aliphatic heterocycles. The van der Waals surface area contributed by atoms with Crippen molar-refractivity contribution in [2.75, 3.05) is 11.9 Å². The Labute approximate surface area is 159 Å². The van der Waals surface area contributed by atoms with Gasteiger partial charge in [0.2, 0.25) is 5.91 Å². The second-order valence-corrected chi connectivity index (χ2v) is 6.46. The number of amides is 2. The van der Waals surface area contributed by atoms with Gasteiger partial charge >= 0.3 is 0 Å². The molecule has 27 heavy (non-hydrogen) atoms. The number of nitrogens with zero attached hydrogens (tertiary/aromatic N) is 1. The van der Waals surface area contributed by atoms with E-state index in [1.54, 1.807) is 19.1 Å². The monoisotopic (exact) mass is 367 g/mol. The van der Waals surface area contributed by atoms with Crippen molar-refractivity contribution < 1.29 is 14.3 Å². The molecule has 2 amide bonds. The highest BCUT2D eigenvalue weighted by molar-refractivity contribution is 6.06. The van der Waals surface area contributed by atoms with E-state index in [0.29, 0.717) is 11.5 Å². The van der Waals surface area contributed by atoms with Gasteiger partial charge in [0.05, 0.1) is 6.42 Å². The van der Waals surface area contributed by atoms with Gasteiger partial charge in [0.1, 0.15) is 5.75 Å². The zero-order valence-corrected chi connectivity index (χ0v) is 16.1. The predicted molar refractivity (Wildman–Crippen MR) is 107 cm³/mol. The van der Waals surface area contributed by atoms with Gasteiger partial charge in [0, 0.05) is 11.4 Å². The Hall–Kier alpha value is -3.15. The van der Waals surface area contributed by atoms with Gasteiger partial charge in [0.25, 0.3) is 5.91 Å². The Bertz CT molecular complexity index is 842. The SMILES string of the molecule is C/C(CC(=O)Nc1cccc(C)c1C)=N/NC(=O)COc1ccc(C)cc1. The van der Waals surface area contributed by atoms with Crippen LogP contribution >= 0.6 is 0 Å².